The van der Waals surface area contributed by atoms with Gasteiger partial charge < -0.3 is 52.5 Å². The minimum atomic E-state index is -1.43. The number of carboxylic acids is 2. The second-order valence-electron chi connectivity index (χ2n) is 11.3. The first-order valence-corrected chi connectivity index (χ1v) is 14.8. The molecule has 2 heterocycles. The molecule has 0 fully saturated rings. The SMILES string of the molecule is CC(C)C[C@H](NC(=O)[C@H](CCC(=O)O)NC(=O)[C@H](Cc1cnc[nH]1)NC(=O)[C@H](C)N)C(=O)NCC(=O)N[C@@H](Cc1cnc[nH]1)C(=O)O. The number of rotatable bonds is 20. The van der Waals surface area contributed by atoms with Crippen molar-refractivity contribution < 1.29 is 43.8 Å². The lowest BCUT2D eigenvalue weighted by molar-refractivity contribution is -0.142. The number of H-pyrrole nitrogens is 2. The van der Waals surface area contributed by atoms with Gasteiger partial charge in [0, 0.05) is 43.0 Å². The highest BCUT2D eigenvalue weighted by atomic mass is 16.4. The Morgan fingerprint density at radius 1 is 0.745 bits per heavy atom. The standard InChI is InChI=1S/C28H42N10O9/c1-14(2)6-19(25(43)32-11-22(39)35-21(28(46)47)8-17-10-31-13-34-17)38-26(44)18(4-5-23(40)41)36-27(45)20(37-24(42)15(3)29)7-16-9-30-12-33-16/h9-10,12-15,18-21H,4-8,11,29H2,1-3H3,(H,30,33)(H,31,34)(H,32,43)(H,35,39)(H,36,45)(H,37,42)(H,38,44)(H,40,41)(H,46,47)/t15-,18-,19-,20-,21-/m0/s1. The molecule has 5 atom stereocenters. The molecule has 11 N–H and O–H groups in total. The predicted octanol–water partition coefficient (Wildman–Crippen LogP) is -2.68. The molecular weight excluding hydrogens is 620 g/mol. The molecule has 2 rings (SSSR count). The van der Waals surface area contributed by atoms with Crippen LogP contribution in [0, 0.1) is 5.92 Å². The lowest BCUT2D eigenvalue weighted by atomic mass is 10.0. The van der Waals surface area contributed by atoms with Crippen LogP contribution in [0.4, 0.5) is 0 Å². The molecule has 47 heavy (non-hydrogen) atoms. The van der Waals surface area contributed by atoms with Crippen molar-refractivity contribution in [1.29, 1.82) is 0 Å². The summed E-state index contributed by atoms with van der Waals surface area (Å²) >= 11 is 0. The van der Waals surface area contributed by atoms with Crippen LogP contribution in [0.15, 0.2) is 25.0 Å². The minimum absolute atomic E-state index is 0.0529. The van der Waals surface area contributed by atoms with E-state index < -0.39 is 84.6 Å². The highest BCUT2D eigenvalue weighted by Gasteiger charge is 2.31. The average molecular weight is 663 g/mol. The van der Waals surface area contributed by atoms with Crippen molar-refractivity contribution in [1.82, 2.24) is 46.5 Å². The largest absolute Gasteiger partial charge is 0.481 e. The van der Waals surface area contributed by atoms with E-state index in [-0.39, 0.29) is 31.6 Å². The molecule has 5 amide bonds. The number of hydrogen-bond donors (Lipinski definition) is 10. The number of imidazole rings is 2. The third-order valence-corrected chi connectivity index (χ3v) is 6.68. The van der Waals surface area contributed by atoms with Gasteiger partial charge in [-0.3, -0.25) is 28.8 Å². The zero-order chi connectivity index (χ0) is 35.1. The maximum absolute atomic E-state index is 13.4. The number of carbonyl (C=O) groups excluding carboxylic acids is 5. The first kappa shape index (κ1) is 37.9. The van der Waals surface area contributed by atoms with Crippen LogP contribution < -0.4 is 32.3 Å². The van der Waals surface area contributed by atoms with Crippen LogP contribution in [0.25, 0.3) is 0 Å². The number of nitrogens with one attached hydrogen (secondary N) is 7. The number of amides is 5. The number of nitrogens with zero attached hydrogens (tertiary/aromatic N) is 2. The van der Waals surface area contributed by atoms with Gasteiger partial charge in [0.2, 0.25) is 29.5 Å². The Kier molecular flexibility index (Phi) is 15.0. The number of carbonyl (C=O) groups is 7. The third-order valence-electron chi connectivity index (χ3n) is 6.68. The first-order valence-electron chi connectivity index (χ1n) is 14.8. The Labute approximate surface area is 269 Å². The van der Waals surface area contributed by atoms with E-state index in [0.717, 1.165) is 0 Å². The Hall–Kier alpha value is -5.33. The summed E-state index contributed by atoms with van der Waals surface area (Å²) in [4.78, 5) is 101. The first-order chi connectivity index (χ1) is 22.2. The fourth-order valence-electron chi connectivity index (χ4n) is 4.27. The predicted molar refractivity (Wildman–Crippen MR) is 163 cm³/mol. The van der Waals surface area contributed by atoms with Crippen LogP contribution in [0.3, 0.4) is 0 Å². The van der Waals surface area contributed by atoms with Gasteiger partial charge in [-0.25, -0.2) is 14.8 Å². The topological polar surface area (TPSA) is 303 Å². The number of hydrogen-bond acceptors (Lipinski definition) is 10. The zero-order valence-corrected chi connectivity index (χ0v) is 26.2. The minimum Gasteiger partial charge on any atom is -0.481 e. The highest BCUT2D eigenvalue weighted by Crippen LogP contribution is 2.08. The molecule has 0 saturated heterocycles. The summed E-state index contributed by atoms with van der Waals surface area (Å²) in [5.41, 5.74) is 6.58. The molecule has 0 aliphatic rings. The van der Waals surface area contributed by atoms with Gasteiger partial charge in [0.25, 0.3) is 0 Å². The monoisotopic (exact) mass is 662 g/mol. The van der Waals surface area contributed by atoms with Crippen molar-refractivity contribution in [3.63, 3.8) is 0 Å². The Balaban J connectivity index is 2.13. The lowest BCUT2D eigenvalue weighted by Gasteiger charge is -2.26. The summed E-state index contributed by atoms with van der Waals surface area (Å²) in [6, 6.07) is -6.12. The summed E-state index contributed by atoms with van der Waals surface area (Å²) in [7, 11) is 0. The van der Waals surface area contributed by atoms with Crippen molar-refractivity contribution in [3.8, 4) is 0 Å². The third kappa shape index (κ3) is 13.7. The maximum atomic E-state index is 13.4. The van der Waals surface area contributed by atoms with E-state index in [1.54, 1.807) is 13.8 Å². The van der Waals surface area contributed by atoms with Crippen LogP contribution in [0.1, 0.15) is 51.4 Å². The number of carboxylic acid groups (broad SMARTS) is 2. The molecule has 19 nitrogen and oxygen atoms in total. The van der Waals surface area contributed by atoms with E-state index in [0.29, 0.717) is 11.4 Å². The molecule has 0 spiro atoms. The molecule has 0 radical (unpaired) electrons. The van der Waals surface area contributed by atoms with E-state index in [1.165, 1.54) is 32.0 Å². The molecule has 0 aromatic carbocycles. The van der Waals surface area contributed by atoms with Gasteiger partial charge in [-0.05, 0) is 25.7 Å². The molecule has 0 saturated carbocycles. The van der Waals surface area contributed by atoms with Crippen molar-refractivity contribution in [2.75, 3.05) is 6.54 Å². The fraction of sp³-hybridized carbons (Fsp3) is 0.536. The normalized spacial score (nSPS) is 14.1. The average Bonchev–Trinajstić information content (AvgIpc) is 3.71. The highest BCUT2D eigenvalue weighted by molar-refractivity contribution is 5.96. The van der Waals surface area contributed by atoms with Gasteiger partial charge in [0.05, 0.1) is 25.2 Å². The van der Waals surface area contributed by atoms with Crippen molar-refractivity contribution >= 4 is 41.5 Å². The van der Waals surface area contributed by atoms with E-state index in [9.17, 15) is 43.8 Å². The lowest BCUT2D eigenvalue weighted by Crippen LogP contribution is -2.58. The Morgan fingerprint density at radius 2 is 1.28 bits per heavy atom. The number of aliphatic carboxylic acids is 2. The van der Waals surface area contributed by atoms with Gasteiger partial charge in [-0.15, -0.1) is 0 Å². The second kappa shape index (κ2) is 18.6. The molecule has 19 heteroatoms. The van der Waals surface area contributed by atoms with E-state index in [4.69, 9.17) is 5.73 Å². The van der Waals surface area contributed by atoms with Crippen LogP contribution in [-0.2, 0) is 46.4 Å². The number of aromatic amines is 2. The van der Waals surface area contributed by atoms with Gasteiger partial charge >= 0.3 is 11.9 Å². The van der Waals surface area contributed by atoms with Crippen molar-refractivity contribution in [3.05, 3.63) is 36.4 Å². The van der Waals surface area contributed by atoms with Crippen LogP contribution >= 0.6 is 0 Å². The Morgan fingerprint density at radius 3 is 1.77 bits per heavy atom. The molecule has 2 aromatic heterocycles. The maximum Gasteiger partial charge on any atom is 0.326 e. The van der Waals surface area contributed by atoms with Gasteiger partial charge in [-0.1, -0.05) is 13.8 Å². The number of nitrogens with two attached hydrogens (primary N) is 1. The summed E-state index contributed by atoms with van der Waals surface area (Å²) < 4.78 is 0. The Bertz CT molecular complexity index is 1360. The molecule has 0 bridgehead atoms. The van der Waals surface area contributed by atoms with Crippen molar-refractivity contribution in [2.24, 2.45) is 11.7 Å². The molecule has 0 aliphatic carbocycles. The zero-order valence-electron chi connectivity index (χ0n) is 26.2. The van der Waals surface area contributed by atoms with Gasteiger partial charge in [-0.2, -0.15) is 0 Å². The van der Waals surface area contributed by atoms with E-state index in [1.807, 2.05) is 0 Å². The van der Waals surface area contributed by atoms with Crippen LogP contribution in [0.5, 0.6) is 0 Å². The molecule has 0 aliphatic heterocycles. The summed E-state index contributed by atoms with van der Waals surface area (Å²) in [6.07, 6.45) is 4.67. The van der Waals surface area contributed by atoms with Crippen LogP contribution in [0.2, 0.25) is 0 Å². The number of aromatic nitrogens is 4. The smallest absolute Gasteiger partial charge is 0.326 e. The van der Waals surface area contributed by atoms with Gasteiger partial charge in [0.15, 0.2) is 0 Å². The quantitative estimate of drug-likeness (QED) is 0.0694. The summed E-state index contributed by atoms with van der Waals surface area (Å²) in [5.74, 6) is -6.60. The molecule has 2 aromatic rings. The summed E-state index contributed by atoms with van der Waals surface area (Å²) in [5, 5.41) is 30.9. The van der Waals surface area contributed by atoms with Gasteiger partial charge in [0.1, 0.15) is 24.2 Å². The summed E-state index contributed by atoms with van der Waals surface area (Å²) in [6.45, 7) is 4.36. The molecule has 0 unspecified atom stereocenters. The molecular formula is C28H42N10O9. The van der Waals surface area contributed by atoms with E-state index >= 15 is 0 Å². The molecule has 258 valence electrons. The van der Waals surface area contributed by atoms with Crippen LogP contribution in [-0.4, -0.2) is 108 Å². The van der Waals surface area contributed by atoms with E-state index in [2.05, 4.69) is 46.5 Å². The fourth-order valence-corrected chi connectivity index (χ4v) is 4.27. The second-order valence-corrected chi connectivity index (χ2v) is 11.3. The van der Waals surface area contributed by atoms with Crippen molar-refractivity contribution in [2.45, 2.75) is 83.1 Å².